The van der Waals surface area contributed by atoms with Crippen LogP contribution in [0.3, 0.4) is 0 Å². The predicted molar refractivity (Wildman–Crippen MR) is 101 cm³/mol. The van der Waals surface area contributed by atoms with Gasteiger partial charge in [-0.25, -0.2) is 4.99 Å². The van der Waals surface area contributed by atoms with E-state index in [4.69, 9.17) is 23.1 Å². The minimum Gasteiger partial charge on any atom is -0.369 e. The van der Waals surface area contributed by atoms with E-state index in [0.717, 1.165) is 32.1 Å². The highest BCUT2D eigenvalue weighted by Gasteiger charge is 2.43. The number of guanidine groups is 2. The Bertz CT molecular complexity index is 752. The number of amides is 1. The summed E-state index contributed by atoms with van der Waals surface area (Å²) in [5, 5.41) is 0.520. The molecule has 0 atom stereocenters. The van der Waals surface area contributed by atoms with Crippen molar-refractivity contribution in [3.8, 4) is 0 Å². The van der Waals surface area contributed by atoms with E-state index in [2.05, 4.69) is 9.98 Å². The second kappa shape index (κ2) is 6.55. The van der Waals surface area contributed by atoms with E-state index < -0.39 is 5.66 Å². The van der Waals surface area contributed by atoms with Crippen molar-refractivity contribution in [3.63, 3.8) is 0 Å². The van der Waals surface area contributed by atoms with Gasteiger partial charge in [-0.1, -0.05) is 18.0 Å². The van der Waals surface area contributed by atoms with Gasteiger partial charge in [0.05, 0.1) is 11.3 Å². The van der Waals surface area contributed by atoms with Crippen LogP contribution in [0.5, 0.6) is 0 Å². The number of benzene rings is 1. The zero-order valence-corrected chi connectivity index (χ0v) is 15.3. The third kappa shape index (κ3) is 3.16. The monoisotopic (exact) mass is 362 g/mol. The Kier molecular flexibility index (Phi) is 4.60. The maximum Gasteiger partial charge on any atom is 0.255 e. The standard InChI is InChI=1S/C17H23ClN6O/c1-23(2)14(25)12-7-6-11(18)10-13(12)24-16(20)21-15(19)22-17(24)8-4-3-5-9-17/h6-7,10H,3-5,8-9H2,1-2H3,(H4,19,20,21,22). The van der Waals surface area contributed by atoms with E-state index in [0.29, 0.717) is 16.3 Å². The fourth-order valence-electron chi connectivity index (χ4n) is 3.58. The van der Waals surface area contributed by atoms with Crippen molar-refractivity contribution in [1.82, 2.24) is 4.90 Å². The lowest BCUT2D eigenvalue weighted by atomic mass is 9.87. The summed E-state index contributed by atoms with van der Waals surface area (Å²) < 4.78 is 0. The van der Waals surface area contributed by atoms with Crippen LogP contribution in [-0.4, -0.2) is 42.5 Å². The van der Waals surface area contributed by atoms with E-state index in [9.17, 15) is 4.79 Å². The van der Waals surface area contributed by atoms with Crippen molar-refractivity contribution >= 4 is 35.1 Å². The van der Waals surface area contributed by atoms with Crippen LogP contribution in [0.15, 0.2) is 28.2 Å². The first-order valence-corrected chi connectivity index (χ1v) is 8.73. The summed E-state index contributed by atoms with van der Waals surface area (Å²) in [6.07, 6.45) is 4.76. The molecule has 2 aliphatic rings. The molecule has 25 heavy (non-hydrogen) atoms. The molecule has 1 aliphatic heterocycles. The molecule has 3 rings (SSSR count). The van der Waals surface area contributed by atoms with Crippen molar-refractivity contribution in [2.75, 3.05) is 19.0 Å². The molecule has 1 fully saturated rings. The van der Waals surface area contributed by atoms with Gasteiger partial charge in [0.15, 0.2) is 0 Å². The van der Waals surface area contributed by atoms with Crippen molar-refractivity contribution in [2.45, 2.75) is 37.8 Å². The largest absolute Gasteiger partial charge is 0.369 e. The van der Waals surface area contributed by atoms with Gasteiger partial charge in [-0.15, -0.1) is 0 Å². The molecule has 1 spiro atoms. The number of nitrogens with zero attached hydrogens (tertiary/aromatic N) is 4. The van der Waals surface area contributed by atoms with Crippen molar-refractivity contribution in [1.29, 1.82) is 0 Å². The normalized spacial score (nSPS) is 19.4. The molecule has 4 N–H and O–H groups in total. The fourth-order valence-corrected chi connectivity index (χ4v) is 3.75. The molecule has 7 nitrogen and oxygen atoms in total. The molecule has 8 heteroatoms. The molecule has 1 saturated carbocycles. The average Bonchev–Trinajstić information content (AvgIpc) is 2.54. The lowest BCUT2D eigenvalue weighted by molar-refractivity contribution is 0.0828. The van der Waals surface area contributed by atoms with Gasteiger partial charge in [0.1, 0.15) is 5.66 Å². The highest BCUT2D eigenvalue weighted by atomic mass is 35.5. The van der Waals surface area contributed by atoms with Crippen LogP contribution >= 0.6 is 11.6 Å². The zero-order valence-electron chi connectivity index (χ0n) is 14.5. The highest BCUT2D eigenvalue weighted by molar-refractivity contribution is 6.31. The van der Waals surface area contributed by atoms with Crippen LogP contribution < -0.4 is 16.4 Å². The van der Waals surface area contributed by atoms with Gasteiger partial charge in [-0.05, 0) is 43.9 Å². The van der Waals surface area contributed by atoms with E-state index in [1.54, 1.807) is 32.3 Å². The number of halogens is 1. The summed E-state index contributed by atoms with van der Waals surface area (Å²) >= 11 is 6.23. The number of anilines is 1. The maximum atomic E-state index is 12.7. The van der Waals surface area contributed by atoms with Gasteiger partial charge in [0, 0.05) is 19.1 Å². The van der Waals surface area contributed by atoms with E-state index >= 15 is 0 Å². The van der Waals surface area contributed by atoms with Crippen LogP contribution in [0.1, 0.15) is 42.5 Å². The molecule has 1 heterocycles. The third-order valence-corrected chi connectivity index (χ3v) is 4.92. The van der Waals surface area contributed by atoms with Crippen LogP contribution in [0.2, 0.25) is 5.02 Å². The number of hydrogen-bond acceptors (Lipinski definition) is 6. The minimum atomic E-state index is -0.611. The quantitative estimate of drug-likeness (QED) is 0.841. The Hall–Kier alpha value is -2.28. The summed E-state index contributed by atoms with van der Waals surface area (Å²) in [4.78, 5) is 24.8. The zero-order chi connectivity index (χ0) is 18.2. The smallest absolute Gasteiger partial charge is 0.255 e. The highest BCUT2D eigenvalue weighted by Crippen LogP contribution is 2.41. The third-order valence-electron chi connectivity index (χ3n) is 4.69. The van der Waals surface area contributed by atoms with E-state index in [-0.39, 0.29) is 17.8 Å². The Morgan fingerprint density at radius 2 is 1.92 bits per heavy atom. The lowest BCUT2D eigenvalue weighted by Gasteiger charge is -2.46. The average molecular weight is 363 g/mol. The maximum absolute atomic E-state index is 12.7. The van der Waals surface area contributed by atoms with Gasteiger partial charge < -0.3 is 16.4 Å². The van der Waals surface area contributed by atoms with Crippen molar-refractivity contribution in [3.05, 3.63) is 28.8 Å². The minimum absolute atomic E-state index is 0.132. The predicted octanol–water partition coefficient (Wildman–Crippen LogP) is 2.15. The summed E-state index contributed by atoms with van der Waals surface area (Å²) in [6, 6.07) is 5.16. The summed E-state index contributed by atoms with van der Waals surface area (Å²) in [6.45, 7) is 0. The summed E-state index contributed by atoms with van der Waals surface area (Å²) in [5.41, 5.74) is 12.7. The number of aliphatic imine (C=N–C) groups is 2. The molecule has 1 amide bonds. The molecule has 0 aromatic heterocycles. The number of hydrogen-bond donors (Lipinski definition) is 2. The first-order valence-electron chi connectivity index (χ1n) is 8.35. The first kappa shape index (κ1) is 17.5. The van der Waals surface area contributed by atoms with Gasteiger partial charge in [-0.2, -0.15) is 4.99 Å². The Labute approximate surface area is 152 Å². The second-order valence-electron chi connectivity index (χ2n) is 6.68. The van der Waals surface area contributed by atoms with Crippen LogP contribution in [-0.2, 0) is 0 Å². The number of rotatable bonds is 2. The molecule has 1 aromatic rings. The molecule has 0 unspecified atom stereocenters. The van der Waals surface area contributed by atoms with E-state index in [1.807, 2.05) is 4.90 Å². The Morgan fingerprint density at radius 3 is 2.56 bits per heavy atom. The molecular weight excluding hydrogens is 340 g/mol. The molecule has 0 saturated heterocycles. The fraction of sp³-hybridized carbons (Fsp3) is 0.471. The molecule has 1 aromatic carbocycles. The Balaban J connectivity index is 2.17. The molecule has 0 radical (unpaired) electrons. The Morgan fingerprint density at radius 1 is 1.24 bits per heavy atom. The summed E-state index contributed by atoms with van der Waals surface area (Å²) in [7, 11) is 3.42. The van der Waals surface area contributed by atoms with E-state index in [1.165, 1.54) is 4.90 Å². The topological polar surface area (TPSA) is 100 Å². The van der Waals surface area contributed by atoms with Gasteiger partial charge >= 0.3 is 0 Å². The number of nitrogens with two attached hydrogens (primary N) is 2. The number of carbonyl (C=O) groups excluding carboxylic acids is 1. The summed E-state index contributed by atoms with van der Waals surface area (Å²) in [5.74, 6) is 0.288. The van der Waals surface area contributed by atoms with Gasteiger partial charge in [-0.3, -0.25) is 9.69 Å². The van der Waals surface area contributed by atoms with Crippen LogP contribution in [0.25, 0.3) is 0 Å². The van der Waals surface area contributed by atoms with Crippen LogP contribution in [0.4, 0.5) is 5.69 Å². The second-order valence-corrected chi connectivity index (χ2v) is 7.12. The SMILES string of the molecule is CN(C)C(=O)c1ccc(Cl)cc1N1C(N)=NC(N)=NC12CCCCC2. The van der Waals surface area contributed by atoms with Gasteiger partial charge in [0.25, 0.3) is 5.91 Å². The van der Waals surface area contributed by atoms with Crippen LogP contribution in [0, 0.1) is 0 Å². The van der Waals surface area contributed by atoms with Gasteiger partial charge in [0.2, 0.25) is 11.9 Å². The lowest BCUT2D eigenvalue weighted by Crippen LogP contribution is -2.58. The molecular formula is C17H23ClN6O. The molecule has 0 bridgehead atoms. The molecule has 134 valence electrons. The van der Waals surface area contributed by atoms with Crippen molar-refractivity contribution < 1.29 is 4.79 Å². The number of carbonyl (C=O) groups is 1. The molecule has 1 aliphatic carbocycles. The van der Waals surface area contributed by atoms with Crippen molar-refractivity contribution in [2.24, 2.45) is 21.5 Å². The first-order chi connectivity index (χ1) is 11.8.